The van der Waals surface area contributed by atoms with Crippen LogP contribution < -0.4 is 5.73 Å². The minimum atomic E-state index is 0.565. The van der Waals surface area contributed by atoms with E-state index in [1.54, 1.807) is 12.1 Å². The Hall–Kier alpha value is -1.58. The van der Waals surface area contributed by atoms with Gasteiger partial charge in [0.2, 0.25) is 0 Å². The first kappa shape index (κ1) is 10.9. The summed E-state index contributed by atoms with van der Waals surface area (Å²) in [5.74, 6) is 0.764. The highest BCUT2D eigenvalue weighted by atomic mass is 32.2. The highest BCUT2D eigenvalue weighted by Crippen LogP contribution is 2.33. The summed E-state index contributed by atoms with van der Waals surface area (Å²) in [6.07, 6.45) is 0. The fraction of sp³-hybridized carbons (Fsp3) is 0.100. The minimum Gasteiger partial charge on any atom is -0.398 e. The van der Waals surface area contributed by atoms with Gasteiger partial charge in [-0.25, -0.2) is 4.98 Å². The van der Waals surface area contributed by atoms with E-state index >= 15 is 0 Å². The molecule has 6 heteroatoms. The fourth-order valence-electron chi connectivity index (χ4n) is 1.12. The summed E-state index contributed by atoms with van der Waals surface area (Å²) in [6.45, 7) is 1.85. The second kappa shape index (κ2) is 4.51. The number of nitrogens with two attached hydrogens (primary N) is 1. The Morgan fingerprint density at radius 1 is 1.50 bits per heavy atom. The van der Waals surface area contributed by atoms with E-state index in [0.717, 1.165) is 15.1 Å². The maximum Gasteiger partial charge on any atom is 0.174 e. The Labute approximate surface area is 101 Å². The molecule has 0 radical (unpaired) electrons. The van der Waals surface area contributed by atoms with Crippen LogP contribution in [-0.4, -0.2) is 9.36 Å². The van der Waals surface area contributed by atoms with Crippen LogP contribution in [-0.2, 0) is 0 Å². The van der Waals surface area contributed by atoms with E-state index in [1.165, 1.54) is 23.3 Å². The maximum absolute atomic E-state index is 8.71. The van der Waals surface area contributed by atoms with E-state index in [-0.39, 0.29) is 0 Å². The molecule has 4 nitrogen and oxygen atoms in total. The van der Waals surface area contributed by atoms with Crippen molar-refractivity contribution in [2.75, 3.05) is 5.73 Å². The molecular weight excluding hydrogens is 240 g/mol. The molecule has 0 aliphatic rings. The number of anilines is 1. The van der Waals surface area contributed by atoms with Crippen molar-refractivity contribution in [3.8, 4) is 6.07 Å². The van der Waals surface area contributed by atoms with Crippen molar-refractivity contribution >= 4 is 29.0 Å². The summed E-state index contributed by atoms with van der Waals surface area (Å²) < 4.78 is 4.95. The number of aryl methyl sites for hydroxylation is 1. The Bertz CT molecular complexity index is 556. The van der Waals surface area contributed by atoms with E-state index in [2.05, 4.69) is 9.36 Å². The summed E-state index contributed by atoms with van der Waals surface area (Å²) in [7, 11) is 0. The van der Waals surface area contributed by atoms with Gasteiger partial charge in [0.05, 0.1) is 11.6 Å². The molecule has 1 aromatic heterocycles. The average molecular weight is 248 g/mol. The molecule has 0 amide bonds. The molecule has 0 unspecified atom stereocenters. The normalized spacial score (nSPS) is 10.0. The zero-order valence-corrected chi connectivity index (χ0v) is 10.1. The lowest BCUT2D eigenvalue weighted by molar-refractivity contribution is 1.10. The van der Waals surface area contributed by atoms with Crippen molar-refractivity contribution in [1.29, 1.82) is 5.26 Å². The largest absolute Gasteiger partial charge is 0.398 e. The van der Waals surface area contributed by atoms with Gasteiger partial charge in [0.25, 0.3) is 0 Å². The molecule has 2 aromatic rings. The van der Waals surface area contributed by atoms with Gasteiger partial charge < -0.3 is 5.73 Å². The first-order valence-electron chi connectivity index (χ1n) is 4.47. The van der Waals surface area contributed by atoms with Crippen LogP contribution in [0.1, 0.15) is 11.4 Å². The summed E-state index contributed by atoms with van der Waals surface area (Å²) in [5, 5.41) is 8.71. The zero-order valence-electron chi connectivity index (χ0n) is 8.47. The van der Waals surface area contributed by atoms with Gasteiger partial charge in [-0.05, 0) is 36.7 Å². The Morgan fingerprint density at radius 2 is 2.31 bits per heavy atom. The number of nitrogens with zero attached hydrogens (tertiary/aromatic N) is 3. The molecule has 2 N–H and O–H groups in total. The molecule has 0 aliphatic carbocycles. The predicted molar refractivity (Wildman–Crippen MR) is 64.3 cm³/mol. The topological polar surface area (TPSA) is 75.6 Å². The monoisotopic (exact) mass is 248 g/mol. The summed E-state index contributed by atoms with van der Waals surface area (Å²) in [6, 6.07) is 7.28. The van der Waals surface area contributed by atoms with Gasteiger partial charge in [0.1, 0.15) is 5.82 Å². The number of nitriles is 1. The number of rotatable bonds is 2. The quantitative estimate of drug-likeness (QED) is 0.826. The summed E-state index contributed by atoms with van der Waals surface area (Å²) in [5.41, 5.74) is 7.00. The zero-order chi connectivity index (χ0) is 11.5. The molecule has 1 aromatic carbocycles. The SMILES string of the molecule is Cc1nsc(Sc2ccc(C#N)cc2N)n1. The standard InChI is InChI=1S/C10H8N4S2/c1-6-13-10(16-14-6)15-9-3-2-7(5-11)4-8(9)12/h2-4H,12H2,1H3. The van der Waals surface area contributed by atoms with Crippen LogP contribution in [0.3, 0.4) is 0 Å². The van der Waals surface area contributed by atoms with Gasteiger partial charge in [0.15, 0.2) is 4.34 Å². The summed E-state index contributed by atoms with van der Waals surface area (Å²) in [4.78, 5) is 5.14. The van der Waals surface area contributed by atoms with E-state index < -0.39 is 0 Å². The third kappa shape index (κ3) is 2.32. The molecule has 0 fully saturated rings. The van der Waals surface area contributed by atoms with Gasteiger partial charge in [-0.3, -0.25) is 0 Å². The van der Waals surface area contributed by atoms with Crippen LogP contribution in [0.25, 0.3) is 0 Å². The molecule has 2 rings (SSSR count). The Balaban J connectivity index is 2.26. The first-order valence-corrected chi connectivity index (χ1v) is 6.06. The molecule has 0 saturated heterocycles. The first-order chi connectivity index (χ1) is 7.69. The van der Waals surface area contributed by atoms with Crippen LogP contribution in [0, 0.1) is 18.3 Å². The lowest BCUT2D eigenvalue weighted by Gasteiger charge is -2.02. The molecule has 0 aliphatic heterocycles. The third-order valence-corrected chi connectivity index (χ3v) is 3.78. The third-order valence-electron chi connectivity index (χ3n) is 1.85. The Kier molecular flexibility index (Phi) is 3.08. The van der Waals surface area contributed by atoms with Crippen LogP contribution >= 0.6 is 23.3 Å². The number of benzene rings is 1. The predicted octanol–water partition coefficient (Wildman–Crippen LogP) is 2.45. The van der Waals surface area contributed by atoms with Crippen molar-refractivity contribution in [1.82, 2.24) is 9.36 Å². The van der Waals surface area contributed by atoms with E-state index in [1.807, 2.05) is 19.1 Å². The molecular formula is C10H8N4S2. The second-order valence-corrected chi connectivity index (χ2v) is 5.11. The van der Waals surface area contributed by atoms with Crippen LogP contribution in [0.15, 0.2) is 27.4 Å². The van der Waals surface area contributed by atoms with Crippen molar-refractivity contribution in [3.05, 3.63) is 29.6 Å². The van der Waals surface area contributed by atoms with Gasteiger partial charge in [0, 0.05) is 10.6 Å². The highest BCUT2D eigenvalue weighted by molar-refractivity contribution is 8.01. The average Bonchev–Trinajstić information content (AvgIpc) is 2.67. The van der Waals surface area contributed by atoms with E-state index in [4.69, 9.17) is 11.0 Å². The summed E-state index contributed by atoms with van der Waals surface area (Å²) >= 11 is 2.81. The van der Waals surface area contributed by atoms with Gasteiger partial charge >= 0.3 is 0 Å². The molecule has 0 saturated carbocycles. The number of aromatic nitrogens is 2. The molecule has 16 heavy (non-hydrogen) atoms. The molecule has 1 heterocycles. The van der Waals surface area contributed by atoms with Gasteiger partial charge in [-0.2, -0.15) is 9.64 Å². The Morgan fingerprint density at radius 3 is 2.88 bits per heavy atom. The minimum absolute atomic E-state index is 0.565. The van der Waals surface area contributed by atoms with Crippen LogP contribution in [0.4, 0.5) is 5.69 Å². The van der Waals surface area contributed by atoms with Gasteiger partial charge in [-0.15, -0.1) is 0 Å². The van der Waals surface area contributed by atoms with E-state index in [9.17, 15) is 0 Å². The van der Waals surface area contributed by atoms with Crippen LogP contribution in [0.5, 0.6) is 0 Å². The lowest BCUT2D eigenvalue weighted by atomic mass is 10.2. The smallest absolute Gasteiger partial charge is 0.174 e. The maximum atomic E-state index is 8.71. The second-order valence-electron chi connectivity index (χ2n) is 3.07. The highest BCUT2D eigenvalue weighted by Gasteiger charge is 2.06. The van der Waals surface area contributed by atoms with E-state index in [0.29, 0.717) is 11.3 Å². The van der Waals surface area contributed by atoms with Crippen molar-refractivity contribution < 1.29 is 0 Å². The number of hydrogen-bond acceptors (Lipinski definition) is 6. The van der Waals surface area contributed by atoms with Crippen molar-refractivity contribution in [2.24, 2.45) is 0 Å². The molecule has 0 spiro atoms. The lowest BCUT2D eigenvalue weighted by Crippen LogP contribution is -1.89. The molecule has 0 bridgehead atoms. The number of nitrogen functional groups attached to an aromatic ring is 1. The fourth-order valence-corrected chi connectivity index (χ4v) is 2.76. The molecule has 80 valence electrons. The van der Waals surface area contributed by atoms with Gasteiger partial charge in [-0.1, -0.05) is 11.8 Å². The number of hydrogen-bond donors (Lipinski definition) is 1. The van der Waals surface area contributed by atoms with Crippen molar-refractivity contribution in [2.45, 2.75) is 16.2 Å². The van der Waals surface area contributed by atoms with Crippen molar-refractivity contribution in [3.63, 3.8) is 0 Å². The molecule has 0 atom stereocenters. The van der Waals surface area contributed by atoms with Crippen LogP contribution in [0.2, 0.25) is 0 Å².